The summed E-state index contributed by atoms with van der Waals surface area (Å²) in [5.41, 5.74) is -0.452. The third-order valence-corrected chi connectivity index (χ3v) is 3.37. The van der Waals surface area contributed by atoms with E-state index in [0.717, 1.165) is 13.0 Å². The molecule has 11 heavy (non-hydrogen) atoms. The predicted molar refractivity (Wildman–Crippen MR) is 46.5 cm³/mol. The molecule has 66 valence electrons. The van der Waals surface area contributed by atoms with Crippen molar-refractivity contribution < 1.29 is 5.11 Å². The summed E-state index contributed by atoms with van der Waals surface area (Å²) in [6.07, 6.45) is 0.898. The Morgan fingerprint density at radius 2 is 2.00 bits per heavy atom. The number of hydrogen-bond donors (Lipinski definition) is 1. The van der Waals surface area contributed by atoms with E-state index in [1.165, 1.54) is 0 Å². The van der Waals surface area contributed by atoms with Crippen LogP contribution in [0.2, 0.25) is 0 Å². The van der Waals surface area contributed by atoms with E-state index >= 15 is 0 Å². The van der Waals surface area contributed by atoms with Crippen molar-refractivity contribution in [2.24, 2.45) is 5.92 Å². The first-order valence-corrected chi connectivity index (χ1v) is 4.38. The monoisotopic (exact) mass is 157 g/mol. The molecule has 0 saturated carbocycles. The summed E-state index contributed by atoms with van der Waals surface area (Å²) < 4.78 is 0. The van der Waals surface area contributed by atoms with E-state index in [-0.39, 0.29) is 0 Å². The molecular weight excluding hydrogens is 138 g/mol. The maximum absolute atomic E-state index is 9.90. The van der Waals surface area contributed by atoms with Crippen molar-refractivity contribution in [1.82, 2.24) is 4.90 Å². The van der Waals surface area contributed by atoms with E-state index in [2.05, 4.69) is 25.8 Å². The van der Waals surface area contributed by atoms with Crippen LogP contribution in [0, 0.1) is 5.92 Å². The number of rotatable bonds is 0. The molecule has 0 aromatic heterocycles. The van der Waals surface area contributed by atoms with Crippen LogP contribution in [0.5, 0.6) is 0 Å². The van der Waals surface area contributed by atoms with Gasteiger partial charge in [-0.1, -0.05) is 6.92 Å². The lowest BCUT2D eigenvalue weighted by Crippen LogP contribution is -2.52. The molecule has 1 aliphatic heterocycles. The van der Waals surface area contributed by atoms with Crippen LogP contribution in [0.25, 0.3) is 0 Å². The minimum absolute atomic E-state index is 0.376. The summed E-state index contributed by atoms with van der Waals surface area (Å²) in [4.78, 5) is 2.31. The van der Waals surface area contributed by atoms with Crippen LogP contribution in [-0.4, -0.2) is 35.2 Å². The number of hydrogen-bond acceptors (Lipinski definition) is 2. The second-order valence-electron chi connectivity index (χ2n) is 4.12. The largest absolute Gasteiger partial charge is 0.390 e. The summed E-state index contributed by atoms with van der Waals surface area (Å²) >= 11 is 0. The Bertz CT molecular complexity index is 144. The van der Waals surface area contributed by atoms with Gasteiger partial charge in [0.1, 0.15) is 0 Å². The van der Waals surface area contributed by atoms with Crippen molar-refractivity contribution in [3.8, 4) is 0 Å². The van der Waals surface area contributed by atoms with E-state index in [1.54, 1.807) is 0 Å². The molecule has 1 rings (SSSR count). The van der Waals surface area contributed by atoms with Gasteiger partial charge in [0.2, 0.25) is 0 Å². The van der Waals surface area contributed by atoms with Gasteiger partial charge >= 0.3 is 0 Å². The van der Waals surface area contributed by atoms with Crippen LogP contribution in [0.15, 0.2) is 0 Å². The second kappa shape index (κ2) is 2.76. The molecule has 2 nitrogen and oxygen atoms in total. The second-order valence-corrected chi connectivity index (χ2v) is 4.12. The highest BCUT2D eigenvalue weighted by Gasteiger charge is 2.37. The topological polar surface area (TPSA) is 23.5 Å². The number of nitrogens with zero attached hydrogens (tertiary/aromatic N) is 1. The van der Waals surface area contributed by atoms with E-state index in [4.69, 9.17) is 0 Å². The van der Waals surface area contributed by atoms with Gasteiger partial charge < -0.3 is 10.0 Å². The van der Waals surface area contributed by atoms with Crippen LogP contribution in [0.1, 0.15) is 27.2 Å². The molecule has 3 atom stereocenters. The first-order chi connectivity index (χ1) is 4.95. The Morgan fingerprint density at radius 1 is 1.45 bits per heavy atom. The van der Waals surface area contributed by atoms with Crippen LogP contribution >= 0.6 is 0 Å². The van der Waals surface area contributed by atoms with Gasteiger partial charge in [0.15, 0.2) is 0 Å². The van der Waals surface area contributed by atoms with Crippen LogP contribution < -0.4 is 0 Å². The van der Waals surface area contributed by atoms with Crippen LogP contribution in [0.3, 0.4) is 0 Å². The van der Waals surface area contributed by atoms with Gasteiger partial charge in [0.25, 0.3) is 0 Å². The Balaban J connectivity index is 2.67. The Kier molecular flexibility index (Phi) is 2.26. The summed E-state index contributed by atoms with van der Waals surface area (Å²) in [7, 11) is 2.12. The lowest BCUT2D eigenvalue weighted by molar-refractivity contribution is -0.0696. The Labute approximate surface area is 69.2 Å². The molecule has 0 radical (unpaired) electrons. The fourth-order valence-electron chi connectivity index (χ4n) is 1.74. The normalized spacial score (nSPS) is 47.7. The predicted octanol–water partition coefficient (Wildman–Crippen LogP) is 1.10. The summed E-state index contributed by atoms with van der Waals surface area (Å²) in [5, 5.41) is 9.90. The highest BCUT2D eigenvalue weighted by Crippen LogP contribution is 2.30. The van der Waals surface area contributed by atoms with E-state index in [9.17, 15) is 5.11 Å². The van der Waals surface area contributed by atoms with Gasteiger partial charge in [-0.25, -0.2) is 0 Å². The SMILES string of the molecule is CC1C(C)C(C)(O)CCN1C. The number of aliphatic hydroxyl groups is 1. The molecular formula is C9H19NO. The lowest BCUT2D eigenvalue weighted by Gasteiger charge is -2.44. The zero-order valence-electron chi connectivity index (χ0n) is 7.96. The average molecular weight is 157 g/mol. The van der Waals surface area contributed by atoms with E-state index in [0.29, 0.717) is 12.0 Å². The molecule has 0 aromatic carbocycles. The van der Waals surface area contributed by atoms with E-state index < -0.39 is 5.60 Å². The van der Waals surface area contributed by atoms with Gasteiger partial charge in [-0.05, 0) is 33.2 Å². The maximum atomic E-state index is 9.90. The van der Waals surface area contributed by atoms with Crippen molar-refractivity contribution in [3.63, 3.8) is 0 Å². The molecule has 0 amide bonds. The Morgan fingerprint density at radius 3 is 2.45 bits per heavy atom. The van der Waals surface area contributed by atoms with Gasteiger partial charge in [-0.2, -0.15) is 0 Å². The average Bonchev–Trinajstić information content (AvgIpc) is 1.95. The quantitative estimate of drug-likeness (QED) is 0.569. The summed E-state index contributed by atoms with van der Waals surface area (Å²) in [6, 6.07) is 0.499. The van der Waals surface area contributed by atoms with Crippen LogP contribution in [-0.2, 0) is 0 Å². The number of likely N-dealkylation sites (tertiary alicyclic amines) is 1. The molecule has 1 heterocycles. The molecule has 1 fully saturated rings. The van der Waals surface area contributed by atoms with Crippen molar-refractivity contribution in [3.05, 3.63) is 0 Å². The molecule has 1 N–H and O–H groups in total. The molecule has 0 bridgehead atoms. The lowest BCUT2D eigenvalue weighted by atomic mass is 9.79. The molecule has 1 saturated heterocycles. The first-order valence-electron chi connectivity index (χ1n) is 4.38. The summed E-state index contributed by atoms with van der Waals surface area (Å²) in [6.45, 7) is 7.26. The molecule has 1 aliphatic rings. The minimum atomic E-state index is -0.452. The smallest absolute Gasteiger partial charge is 0.0672 e. The van der Waals surface area contributed by atoms with Gasteiger partial charge in [0, 0.05) is 12.6 Å². The fourth-order valence-corrected chi connectivity index (χ4v) is 1.74. The van der Waals surface area contributed by atoms with Crippen molar-refractivity contribution in [2.45, 2.75) is 38.8 Å². The maximum Gasteiger partial charge on any atom is 0.0672 e. The van der Waals surface area contributed by atoms with E-state index in [1.807, 2.05) is 6.92 Å². The molecule has 0 aromatic rings. The number of piperidine rings is 1. The highest BCUT2D eigenvalue weighted by atomic mass is 16.3. The standard InChI is InChI=1S/C9H19NO/c1-7-8(2)10(4)6-5-9(7,3)11/h7-8,11H,5-6H2,1-4H3. The third-order valence-electron chi connectivity index (χ3n) is 3.37. The van der Waals surface area contributed by atoms with Gasteiger partial charge in [0.05, 0.1) is 5.60 Å². The van der Waals surface area contributed by atoms with Gasteiger partial charge in [-0.15, -0.1) is 0 Å². The molecule has 3 unspecified atom stereocenters. The zero-order valence-corrected chi connectivity index (χ0v) is 7.96. The van der Waals surface area contributed by atoms with Crippen LogP contribution in [0.4, 0.5) is 0 Å². The molecule has 0 aliphatic carbocycles. The first kappa shape index (κ1) is 9.01. The Hall–Kier alpha value is -0.0800. The van der Waals surface area contributed by atoms with Gasteiger partial charge in [-0.3, -0.25) is 0 Å². The van der Waals surface area contributed by atoms with Crippen molar-refractivity contribution in [2.75, 3.05) is 13.6 Å². The third kappa shape index (κ3) is 1.57. The van der Waals surface area contributed by atoms with Crippen molar-refractivity contribution in [1.29, 1.82) is 0 Å². The fraction of sp³-hybridized carbons (Fsp3) is 1.00. The molecule has 0 spiro atoms. The highest BCUT2D eigenvalue weighted by molar-refractivity contribution is 4.91. The molecule has 2 heteroatoms. The minimum Gasteiger partial charge on any atom is -0.390 e. The summed E-state index contributed by atoms with van der Waals surface area (Å²) in [5.74, 6) is 0.376. The van der Waals surface area contributed by atoms with Crippen molar-refractivity contribution >= 4 is 0 Å². The zero-order chi connectivity index (χ0) is 8.65.